The Kier molecular flexibility index (Phi) is 5.72. The Labute approximate surface area is 234 Å². The van der Waals surface area contributed by atoms with Crippen LogP contribution in [-0.2, 0) is 4.79 Å². The molecule has 12 heteroatoms. The van der Waals surface area contributed by atoms with Crippen LogP contribution >= 0.6 is 11.6 Å². The lowest BCUT2D eigenvalue weighted by Gasteiger charge is -2.59. The van der Waals surface area contributed by atoms with Crippen LogP contribution in [-0.4, -0.2) is 95.3 Å². The van der Waals surface area contributed by atoms with Gasteiger partial charge in [0.25, 0.3) is 0 Å². The minimum absolute atomic E-state index is 0.0364. The Morgan fingerprint density at radius 3 is 2.50 bits per heavy atom. The molecule has 40 heavy (non-hydrogen) atoms. The zero-order valence-corrected chi connectivity index (χ0v) is 22.7. The smallest absolute Gasteiger partial charge is 0.246 e. The molecule has 1 N–H and O–H groups in total. The number of likely N-dealkylation sites (tertiary alicyclic amines) is 1. The number of H-pyrrole nitrogens is 1. The molecule has 1 spiro atoms. The molecule has 0 aliphatic carbocycles. The molecule has 0 unspecified atom stereocenters. The molecule has 4 aromatic rings. The number of nitrogens with one attached hydrogen (secondary N) is 1. The molecular weight excluding hydrogens is 538 g/mol. The second-order valence-corrected chi connectivity index (χ2v) is 11.5. The maximum Gasteiger partial charge on any atom is 0.246 e. The van der Waals surface area contributed by atoms with Gasteiger partial charge in [0.05, 0.1) is 16.7 Å². The summed E-state index contributed by atoms with van der Waals surface area (Å²) in [6, 6.07) is 4.44. The van der Waals surface area contributed by atoms with Gasteiger partial charge in [-0.2, -0.15) is 10.1 Å². The van der Waals surface area contributed by atoms with Gasteiger partial charge in [-0.15, -0.1) is 0 Å². The van der Waals surface area contributed by atoms with E-state index in [4.69, 9.17) is 21.6 Å². The lowest BCUT2D eigenvalue weighted by Crippen LogP contribution is -2.71. The van der Waals surface area contributed by atoms with Crippen molar-refractivity contribution in [3.63, 3.8) is 0 Å². The number of halogens is 3. The average Bonchev–Trinajstić information content (AvgIpc) is 3.39. The Hall–Kier alpha value is -3.83. The van der Waals surface area contributed by atoms with Crippen LogP contribution in [0.25, 0.3) is 32.9 Å². The average molecular weight is 565 g/mol. The third-order valence-corrected chi connectivity index (χ3v) is 8.58. The van der Waals surface area contributed by atoms with Crippen LogP contribution in [0.4, 0.5) is 20.5 Å². The largest absolute Gasteiger partial charge is 0.352 e. The van der Waals surface area contributed by atoms with Crippen LogP contribution < -0.4 is 9.80 Å². The third kappa shape index (κ3) is 3.82. The summed E-state index contributed by atoms with van der Waals surface area (Å²) in [7, 11) is 2.09. The number of fused-ring (bicyclic) bond motifs is 2. The zero-order valence-electron chi connectivity index (χ0n) is 21.9. The predicted octanol–water partition coefficient (Wildman–Crippen LogP) is 3.69. The van der Waals surface area contributed by atoms with Gasteiger partial charge in [0.15, 0.2) is 5.82 Å². The van der Waals surface area contributed by atoms with Gasteiger partial charge < -0.3 is 19.6 Å². The standard InChI is InChI=1S/C28H27ClF2N8O/c1-3-21(40)37-6-8-38(9-7-37)26-16-10-18(29)23(22-17-11-32-35-20(17)5-4-19(22)30)24(31)25(16)33-27(34-26)39-14-28(15-39)12-36(2)13-28/h3-5,10-11H,1,6-9,12-15H2,2H3,(H,32,35). The van der Waals surface area contributed by atoms with Gasteiger partial charge >= 0.3 is 0 Å². The number of carbonyl (C=O) groups is 1. The molecule has 3 aliphatic heterocycles. The summed E-state index contributed by atoms with van der Waals surface area (Å²) in [5.74, 6) is -0.462. The highest BCUT2D eigenvalue weighted by molar-refractivity contribution is 6.35. The molecule has 9 nitrogen and oxygen atoms in total. The van der Waals surface area contributed by atoms with E-state index in [0.717, 1.165) is 26.2 Å². The summed E-state index contributed by atoms with van der Waals surface area (Å²) >= 11 is 6.70. The minimum atomic E-state index is -0.709. The fourth-order valence-electron chi connectivity index (χ4n) is 6.50. The lowest BCUT2D eigenvalue weighted by molar-refractivity contribution is -0.126. The van der Waals surface area contributed by atoms with Gasteiger partial charge in [0.1, 0.15) is 17.2 Å². The van der Waals surface area contributed by atoms with Crippen LogP contribution in [0.1, 0.15) is 0 Å². The van der Waals surface area contributed by atoms with E-state index >= 15 is 8.78 Å². The molecule has 3 saturated heterocycles. The topological polar surface area (TPSA) is 84.5 Å². The number of benzene rings is 2. The number of amides is 1. The zero-order chi connectivity index (χ0) is 27.8. The van der Waals surface area contributed by atoms with Crippen molar-refractivity contribution >= 4 is 51.1 Å². The quantitative estimate of drug-likeness (QED) is 0.379. The molecule has 3 fully saturated rings. The minimum Gasteiger partial charge on any atom is -0.352 e. The molecule has 5 heterocycles. The highest BCUT2D eigenvalue weighted by atomic mass is 35.5. The molecule has 0 atom stereocenters. The molecular formula is C28H27ClF2N8O. The summed E-state index contributed by atoms with van der Waals surface area (Å²) in [5, 5.41) is 7.73. The molecule has 2 aromatic heterocycles. The highest BCUT2D eigenvalue weighted by Crippen LogP contribution is 2.44. The Morgan fingerprint density at radius 1 is 1.05 bits per heavy atom. The molecule has 2 aromatic carbocycles. The monoisotopic (exact) mass is 564 g/mol. The van der Waals surface area contributed by atoms with Crippen molar-refractivity contribution in [2.24, 2.45) is 5.41 Å². The molecule has 0 radical (unpaired) electrons. The first-order valence-electron chi connectivity index (χ1n) is 13.2. The van der Waals surface area contributed by atoms with Gasteiger partial charge in [-0.05, 0) is 31.3 Å². The predicted molar refractivity (Wildman–Crippen MR) is 151 cm³/mol. The van der Waals surface area contributed by atoms with Crippen molar-refractivity contribution in [1.29, 1.82) is 0 Å². The summed E-state index contributed by atoms with van der Waals surface area (Å²) in [6.07, 6.45) is 2.77. The SMILES string of the molecule is C=CC(=O)N1CCN(c2nc(N3CC4(CN(C)C4)C3)nc3c(F)c(-c4c(F)ccc5[nH]ncc45)c(Cl)cc23)CC1. The first kappa shape index (κ1) is 25.2. The first-order valence-corrected chi connectivity index (χ1v) is 13.6. The van der Waals surface area contributed by atoms with E-state index in [0.29, 0.717) is 54.2 Å². The van der Waals surface area contributed by atoms with Crippen molar-refractivity contribution in [2.45, 2.75) is 0 Å². The molecule has 1 amide bonds. The Bertz CT molecular complexity index is 1690. The summed E-state index contributed by atoms with van der Waals surface area (Å²) in [6.45, 7) is 9.13. The van der Waals surface area contributed by atoms with Gasteiger partial charge in [0, 0.05) is 79.7 Å². The first-order chi connectivity index (χ1) is 19.3. The van der Waals surface area contributed by atoms with Crippen molar-refractivity contribution in [1.82, 2.24) is 30.0 Å². The maximum atomic E-state index is 16.6. The number of aromatic nitrogens is 4. The second-order valence-electron chi connectivity index (χ2n) is 11.1. The van der Waals surface area contributed by atoms with Crippen LogP contribution in [0.15, 0.2) is 37.1 Å². The number of anilines is 2. The highest BCUT2D eigenvalue weighted by Gasteiger charge is 2.51. The molecule has 0 bridgehead atoms. The number of piperazine rings is 1. The van der Waals surface area contributed by atoms with E-state index in [1.807, 2.05) is 4.90 Å². The maximum absolute atomic E-state index is 16.6. The van der Waals surface area contributed by atoms with E-state index in [1.54, 1.807) is 17.0 Å². The molecule has 3 aliphatic rings. The summed E-state index contributed by atoms with van der Waals surface area (Å²) < 4.78 is 31.8. The summed E-state index contributed by atoms with van der Waals surface area (Å²) in [4.78, 5) is 29.8. The van der Waals surface area contributed by atoms with E-state index in [-0.39, 0.29) is 33.0 Å². The van der Waals surface area contributed by atoms with Crippen LogP contribution in [0.3, 0.4) is 0 Å². The van der Waals surface area contributed by atoms with Gasteiger partial charge in [-0.25, -0.2) is 13.8 Å². The van der Waals surface area contributed by atoms with E-state index < -0.39 is 11.6 Å². The fraction of sp³-hybridized carbons (Fsp3) is 0.357. The number of carbonyl (C=O) groups excluding carboxylic acids is 1. The van der Waals surface area contributed by atoms with Crippen molar-refractivity contribution in [3.8, 4) is 11.1 Å². The van der Waals surface area contributed by atoms with E-state index in [2.05, 4.69) is 33.6 Å². The third-order valence-electron chi connectivity index (χ3n) is 8.29. The van der Waals surface area contributed by atoms with E-state index in [1.165, 1.54) is 18.3 Å². The van der Waals surface area contributed by atoms with Gasteiger partial charge in [0.2, 0.25) is 11.9 Å². The Morgan fingerprint density at radius 2 is 1.80 bits per heavy atom. The Balaban J connectivity index is 1.36. The normalized spacial score (nSPS) is 18.9. The van der Waals surface area contributed by atoms with E-state index in [9.17, 15) is 4.79 Å². The second kappa shape index (κ2) is 9.10. The van der Waals surface area contributed by atoms with Gasteiger partial charge in [-0.3, -0.25) is 9.89 Å². The van der Waals surface area contributed by atoms with Crippen LogP contribution in [0.5, 0.6) is 0 Å². The van der Waals surface area contributed by atoms with Crippen molar-refractivity contribution < 1.29 is 13.6 Å². The lowest BCUT2D eigenvalue weighted by atomic mass is 9.73. The number of aromatic amines is 1. The molecule has 0 saturated carbocycles. The number of hydrogen-bond donors (Lipinski definition) is 1. The number of rotatable bonds is 4. The van der Waals surface area contributed by atoms with Crippen molar-refractivity contribution in [3.05, 3.63) is 53.7 Å². The number of nitrogens with zero attached hydrogens (tertiary/aromatic N) is 7. The summed E-state index contributed by atoms with van der Waals surface area (Å²) in [5.41, 5.74) is 0.841. The fourth-order valence-corrected chi connectivity index (χ4v) is 6.78. The molecule has 206 valence electrons. The number of hydrogen-bond acceptors (Lipinski definition) is 7. The van der Waals surface area contributed by atoms with Crippen LogP contribution in [0, 0.1) is 17.0 Å². The van der Waals surface area contributed by atoms with Crippen molar-refractivity contribution in [2.75, 3.05) is 69.2 Å². The molecule has 7 rings (SSSR count). The van der Waals surface area contributed by atoms with Gasteiger partial charge in [-0.1, -0.05) is 18.2 Å². The van der Waals surface area contributed by atoms with Crippen LogP contribution in [0.2, 0.25) is 5.02 Å².